The fourth-order valence-corrected chi connectivity index (χ4v) is 2.53. The van der Waals surface area contributed by atoms with Crippen molar-refractivity contribution < 1.29 is 9.53 Å². The Morgan fingerprint density at radius 2 is 2.35 bits per heavy atom. The topological polar surface area (TPSA) is 64.1 Å². The molecule has 106 valence electrons. The molecule has 2 heterocycles. The predicted octanol–water partition coefficient (Wildman–Crippen LogP) is 2.22. The summed E-state index contributed by atoms with van der Waals surface area (Å²) in [6.45, 7) is 2.59. The number of nitrogens with one attached hydrogen (secondary N) is 1. The van der Waals surface area contributed by atoms with Crippen LogP contribution in [0.25, 0.3) is 0 Å². The molecule has 0 aliphatic rings. The molecule has 2 rings (SSSR count). The maximum Gasteiger partial charge on any atom is 0.270 e. The Morgan fingerprint density at radius 1 is 1.50 bits per heavy atom. The second-order valence-corrected chi connectivity index (χ2v) is 5.27. The minimum absolute atomic E-state index is 0.181. The Bertz CT molecular complexity index is 583. The van der Waals surface area contributed by atoms with Crippen molar-refractivity contribution in [2.75, 3.05) is 13.7 Å². The standard InChI is InChI=1S/C14H17N3O2S/c1-10-9-20-13(17-10)4-3-6-16-14(18)12-8-11(19-2)5-7-15-12/h5,7-9H,3-4,6H2,1-2H3,(H,16,18). The third-order valence-electron chi connectivity index (χ3n) is 2.72. The molecular weight excluding hydrogens is 274 g/mol. The number of aryl methyl sites for hydroxylation is 2. The Labute approximate surface area is 122 Å². The van der Waals surface area contributed by atoms with E-state index in [4.69, 9.17) is 4.74 Å². The molecule has 2 aromatic heterocycles. The number of ether oxygens (including phenoxy) is 1. The van der Waals surface area contributed by atoms with Gasteiger partial charge < -0.3 is 10.1 Å². The number of hydrogen-bond acceptors (Lipinski definition) is 5. The lowest BCUT2D eigenvalue weighted by molar-refractivity contribution is 0.0948. The van der Waals surface area contributed by atoms with Crippen LogP contribution in [0.3, 0.4) is 0 Å². The molecular formula is C14H17N3O2S. The van der Waals surface area contributed by atoms with Crippen LogP contribution in [-0.2, 0) is 6.42 Å². The molecule has 1 amide bonds. The van der Waals surface area contributed by atoms with Crippen LogP contribution in [0.5, 0.6) is 5.75 Å². The van der Waals surface area contributed by atoms with Gasteiger partial charge in [-0.2, -0.15) is 0 Å². The van der Waals surface area contributed by atoms with Crippen molar-refractivity contribution in [2.24, 2.45) is 0 Å². The molecule has 20 heavy (non-hydrogen) atoms. The lowest BCUT2D eigenvalue weighted by atomic mass is 10.3. The Balaban J connectivity index is 1.77. The fraction of sp³-hybridized carbons (Fsp3) is 0.357. The van der Waals surface area contributed by atoms with Crippen LogP contribution in [0.4, 0.5) is 0 Å². The molecule has 2 aromatic rings. The first kappa shape index (κ1) is 14.5. The highest BCUT2D eigenvalue weighted by atomic mass is 32.1. The number of carbonyl (C=O) groups is 1. The molecule has 0 radical (unpaired) electrons. The Morgan fingerprint density at radius 3 is 3.05 bits per heavy atom. The maximum absolute atomic E-state index is 11.9. The largest absolute Gasteiger partial charge is 0.497 e. The zero-order valence-corrected chi connectivity index (χ0v) is 12.4. The normalized spacial score (nSPS) is 10.3. The van der Waals surface area contributed by atoms with E-state index in [2.05, 4.69) is 15.3 Å². The summed E-state index contributed by atoms with van der Waals surface area (Å²) in [5, 5.41) is 5.99. The Hall–Kier alpha value is -1.95. The molecule has 1 N–H and O–H groups in total. The summed E-state index contributed by atoms with van der Waals surface area (Å²) < 4.78 is 5.06. The van der Waals surface area contributed by atoms with Gasteiger partial charge in [-0.3, -0.25) is 9.78 Å². The van der Waals surface area contributed by atoms with Gasteiger partial charge in [-0.15, -0.1) is 11.3 Å². The maximum atomic E-state index is 11.9. The smallest absolute Gasteiger partial charge is 0.270 e. The van der Waals surface area contributed by atoms with Crippen LogP contribution in [0, 0.1) is 6.92 Å². The molecule has 0 spiro atoms. The van der Waals surface area contributed by atoms with Crippen LogP contribution in [0.2, 0.25) is 0 Å². The SMILES string of the molecule is COc1ccnc(C(=O)NCCCc2nc(C)cs2)c1. The fourth-order valence-electron chi connectivity index (χ4n) is 1.71. The minimum atomic E-state index is -0.181. The van der Waals surface area contributed by atoms with E-state index < -0.39 is 0 Å². The van der Waals surface area contributed by atoms with E-state index in [9.17, 15) is 4.79 Å². The van der Waals surface area contributed by atoms with Gasteiger partial charge in [0.1, 0.15) is 11.4 Å². The highest BCUT2D eigenvalue weighted by molar-refractivity contribution is 7.09. The molecule has 0 bridgehead atoms. The molecule has 0 aliphatic heterocycles. The third kappa shape index (κ3) is 4.03. The quantitative estimate of drug-likeness (QED) is 0.829. The van der Waals surface area contributed by atoms with Gasteiger partial charge in [0.05, 0.1) is 12.1 Å². The molecule has 0 unspecified atom stereocenters. The average molecular weight is 291 g/mol. The van der Waals surface area contributed by atoms with Crippen LogP contribution in [-0.4, -0.2) is 29.5 Å². The van der Waals surface area contributed by atoms with E-state index in [0.29, 0.717) is 18.0 Å². The van der Waals surface area contributed by atoms with E-state index in [1.54, 1.807) is 36.8 Å². The molecule has 5 nitrogen and oxygen atoms in total. The highest BCUT2D eigenvalue weighted by Gasteiger charge is 2.07. The summed E-state index contributed by atoms with van der Waals surface area (Å²) in [5.41, 5.74) is 1.42. The van der Waals surface area contributed by atoms with Crippen LogP contribution in [0.15, 0.2) is 23.7 Å². The summed E-state index contributed by atoms with van der Waals surface area (Å²) in [7, 11) is 1.56. The van der Waals surface area contributed by atoms with Crippen LogP contribution in [0.1, 0.15) is 27.6 Å². The summed E-state index contributed by atoms with van der Waals surface area (Å²) in [5.74, 6) is 0.447. The second kappa shape index (κ2) is 7.00. The van der Waals surface area contributed by atoms with Crippen molar-refractivity contribution in [1.82, 2.24) is 15.3 Å². The summed E-state index contributed by atoms with van der Waals surface area (Å²) >= 11 is 1.66. The first-order valence-electron chi connectivity index (χ1n) is 6.38. The number of hydrogen-bond donors (Lipinski definition) is 1. The number of aromatic nitrogens is 2. The van der Waals surface area contributed by atoms with Gasteiger partial charge in [0.15, 0.2) is 0 Å². The predicted molar refractivity (Wildman–Crippen MR) is 78.3 cm³/mol. The summed E-state index contributed by atoms with van der Waals surface area (Å²) in [6.07, 6.45) is 3.30. The molecule has 0 saturated heterocycles. The average Bonchev–Trinajstić information content (AvgIpc) is 2.89. The minimum Gasteiger partial charge on any atom is -0.497 e. The molecule has 0 fully saturated rings. The van der Waals surface area contributed by atoms with Gasteiger partial charge in [0.2, 0.25) is 0 Å². The second-order valence-electron chi connectivity index (χ2n) is 4.32. The van der Waals surface area contributed by atoms with Crippen molar-refractivity contribution in [2.45, 2.75) is 19.8 Å². The van der Waals surface area contributed by atoms with Gasteiger partial charge >= 0.3 is 0 Å². The number of methoxy groups -OCH3 is 1. The van der Waals surface area contributed by atoms with Crippen LogP contribution >= 0.6 is 11.3 Å². The molecule has 0 saturated carbocycles. The van der Waals surface area contributed by atoms with Gasteiger partial charge in [0, 0.05) is 36.3 Å². The van der Waals surface area contributed by atoms with E-state index in [-0.39, 0.29) is 5.91 Å². The molecule has 0 atom stereocenters. The summed E-state index contributed by atoms with van der Waals surface area (Å²) in [6, 6.07) is 3.33. The van der Waals surface area contributed by atoms with Gasteiger partial charge in [-0.25, -0.2) is 4.98 Å². The van der Waals surface area contributed by atoms with Crippen molar-refractivity contribution in [3.63, 3.8) is 0 Å². The number of rotatable bonds is 6. The molecule has 6 heteroatoms. The first-order chi connectivity index (χ1) is 9.69. The zero-order valence-electron chi connectivity index (χ0n) is 11.5. The number of pyridine rings is 1. The summed E-state index contributed by atoms with van der Waals surface area (Å²) in [4.78, 5) is 20.3. The van der Waals surface area contributed by atoms with Crippen molar-refractivity contribution >= 4 is 17.2 Å². The van der Waals surface area contributed by atoms with Gasteiger partial charge in [-0.1, -0.05) is 0 Å². The van der Waals surface area contributed by atoms with Gasteiger partial charge in [-0.05, 0) is 19.4 Å². The van der Waals surface area contributed by atoms with E-state index >= 15 is 0 Å². The van der Waals surface area contributed by atoms with Gasteiger partial charge in [0.25, 0.3) is 5.91 Å². The van der Waals surface area contributed by atoms with Crippen molar-refractivity contribution in [3.8, 4) is 5.75 Å². The lowest BCUT2D eigenvalue weighted by Gasteiger charge is -2.05. The third-order valence-corrected chi connectivity index (χ3v) is 3.75. The van der Waals surface area contributed by atoms with Crippen molar-refractivity contribution in [1.29, 1.82) is 0 Å². The Kier molecular flexibility index (Phi) is 5.06. The van der Waals surface area contributed by atoms with E-state index in [1.807, 2.05) is 12.3 Å². The highest BCUT2D eigenvalue weighted by Crippen LogP contribution is 2.11. The number of nitrogens with zero attached hydrogens (tertiary/aromatic N) is 2. The van der Waals surface area contributed by atoms with E-state index in [1.165, 1.54) is 0 Å². The zero-order chi connectivity index (χ0) is 14.4. The monoisotopic (exact) mass is 291 g/mol. The van der Waals surface area contributed by atoms with Crippen LogP contribution < -0.4 is 10.1 Å². The number of amides is 1. The number of thiazole rings is 1. The number of carbonyl (C=O) groups excluding carboxylic acids is 1. The first-order valence-corrected chi connectivity index (χ1v) is 7.26. The van der Waals surface area contributed by atoms with Crippen molar-refractivity contribution in [3.05, 3.63) is 40.1 Å². The molecule has 0 aromatic carbocycles. The molecule has 0 aliphatic carbocycles. The lowest BCUT2D eigenvalue weighted by Crippen LogP contribution is -2.25. The van der Waals surface area contributed by atoms with E-state index in [0.717, 1.165) is 23.5 Å².